The molecule has 1 saturated carbocycles. The molecule has 0 atom stereocenters. The van der Waals surface area contributed by atoms with Crippen LogP contribution in [0.15, 0.2) is 24.3 Å². The van der Waals surface area contributed by atoms with Gasteiger partial charge in [0.2, 0.25) is 0 Å². The molecule has 5 heteroatoms. The number of ether oxygens (including phenoxy) is 1. The van der Waals surface area contributed by atoms with Crippen LogP contribution in [0.1, 0.15) is 63.2 Å². The second-order valence-corrected chi connectivity index (χ2v) is 7.33. The average Bonchev–Trinajstić information content (AvgIpc) is 2.52. The fraction of sp³-hybridized carbons (Fsp3) is 0.579. The third-order valence-electron chi connectivity index (χ3n) is 4.12. The second kappa shape index (κ2) is 7.77. The molecule has 24 heavy (non-hydrogen) atoms. The van der Waals surface area contributed by atoms with Crippen LogP contribution in [0.3, 0.4) is 0 Å². The third-order valence-corrected chi connectivity index (χ3v) is 4.12. The van der Waals surface area contributed by atoms with Crippen LogP contribution in [-0.4, -0.2) is 35.0 Å². The Morgan fingerprint density at radius 3 is 2.25 bits per heavy atom. The lowest BCUT2D eigenvalue weighted by atomic mass is 9.94. The molecule has 1 aliphatic carbocycles. The maximum atomic E-state index is 13.0. The zero-order chi connectivity index (χ0) is 17.7. The highest BCUT2D eigenvalue weighted by molar-refractivity contribution is 5.98. The van der Waals surface area contributed by atoms with Crippen LogP contribution >= 0.6 is 0 Å². The van der Waals surface area contributed by atoms with Crippen LogP contribution in [-0.2, 0) is 4.74 Å². The van der Waals surface area contributed by atoms with E-state index in [1.165, 1.54) is 24.3 Å². The number of halogens is 1. The third kappa shape index (κ3) is 5.32. The summed E-state index contributed by atoms with van der Waals surface area (Å²) in [6.07, 6.45) is 4.57. The zero-order valence-corrected chi connectivity index (χ0v) is 14.7. The van der Waals surface area contributed by atoms with Crippen molar-refractivity contribution in [3.63, 3.8) is 0 Å². The number of ketones is 1. The largest absolute Gasteiger partial charge is 0.444 e. The molecule has 0 aromatic heterocycles. The van der Waals surface area contributed by atoms with E-state index in [-0.39, 0.29) is 24.2 Å². The summed E-state index contributed by atoms with van der Waals surface area (Å²) in [5.74, 6) is -0.589. The monoisotopic (exact) mass is 335 g/mol. The summed E-state index contributed by atoms with van der Waals surface area (Å²) < 4.78 is 18.5. The Morgan fingerprint density at radius 1 is 1.12 bits per heavy atom. The predicted octanol–water partition coefficient (Wildman–Crippen LogP) is 4.58. The van der Waals surface area contributed by atoms with Gasteiger partial charge in [-0.15, -0.1) is 0 Å². The number of Topliss-reactive ketones (excluding diaryl/α,β-unsaturated/α-hetero) is 1. The highest BCUT2D eigenvalue weighted by Gasteiger charge is 2.31. The molecule has 0 heterocycles. The van der Waals surface area contributed by atoms with E-state index in [1.807, 2.05) is 20.8 Å². The van der Waals surface area contributed by atoms with Crippen molar-refractivity contribution < 1.29 is 18.7 Å². The van der Waals surface area contributed by atoms with Crippen molar-refractivity contribution in [2.45, 2.75) is 64.5 Å². The van der Waals surface area contributed by atoms with Crippen LogP contribution in [0, 0.1) is 5.82 Å². The van der Waals surface area contributed by atoms with Crippen molar-refractivity contribution in [2.24, 2.45) is 0 Å². The summed E-state index contributed by atoms with van der Waals surface area (Å²) in [5, 5.41) is 0. The molecule has 132 valence electrons. The normalized spacial score (nSPS) is 15.8. The van der Waals surface area contributed by atoms with Crippen molar-refractivity contribution >= 4 is 11.9 Å². The predicted molar refractivity (Wildman–Crippen MR) is 90.5 cm³/mol. The maximum Gasteiger partial charge on any atom is 0.410 e. The lowest BCUT2D eigenvalue weighted by Crippen LogP contribution is -2.46. The molecular formula is C19H26FNO3. The number of hydrogen-bond donors (Lipinski definition) is 0. The molecule has 4 nitrogen and oxygen atoms in total. The van der Waals surface area contributed by atoms with Gasteiger partial charge in [-0.05, 0) is 57.9 Å². The van der Waals surface area contributed by atoms with Gasteiger partial charge in [0, 0.05) is 11.6 Å². The van der Waals surface area contributed by atoms with Crippen molar-refractivity contribution in [3.05, 3.63) is 35.6 Å². The molecule has 0 saturated heterocycles. The number of carbonyl (C=O) groups excluding carboxylic acids is 2. The standard InChI is InChI=1S/C19H26FNO3/c1-19(2,3)24-18(23)21(16-7-5-4-6-8-16)13-17(22)14-9-11-15(20)12-10-14/h9-12,16H,4-8,13H2,1-3H3. The number of rotatable bonds is 4. The van der Waals surface area contributed by atoms with Gasteiger partial charge < -0.3 is 4.74 Å². The lowest BCUT2D eigenvalue weighted by Gasteiger charge is -2.35. The average molecular weight is 335 g/mol. The number of hydrogen-bond acceptors (Lipinski definition) is 3. The summed E-state index contributed by atoms with van der Waals surface area (Å²) in [6, 6.07) is 5.44. The zero-order valence-electron chi connectivity index (χ0n) is 14.7. The van der Waals surface area contributed by atoms with Gasteiger partial charge in [-0.25, -0.2) is 9.18 Å². The topological polar surface area (TPSA) is 46.6 Å². The Balaban J connectivity index is 2.13. The number of carbonyl (C=O) groups is 2. The van der Waals surface area contributed by atoms with E-state index < -0.39 is 11.7 Å². The van der Waals surface area contributed by atoms with Gasteiger partial charge in [0.15, 0.2) is 5.78 Å². The van der Waals surface area contributed by atoms with Crippen molar-refractivity contribution in [2.75, 3.05) is 6.54 Å². The second-order valence-electron chi connectivity index (χ2n) is 7.33. The van der Waals surface area contributed by atoms with Gasteiger partial charge in [0.1, 0.15) is 11.4 Å². The summed E-state index contributed by atoms with van der Waals surface area (Å²) in [7, 11) is 0. The number of benzene rings is 1. The van der Waals surface area contributed by atoms with Gasteiger partial charge in [-0.2, -0.15) is 0 Å². The quantitative estimate of drug-likeness (QED) is 0.757. The van der Waals surface area contributed by atoms with Crippen LogP contribution < -0.4 is 0 Å². The molecule has 1 aliphatic rings. The molecule has 0 radical (unpaired) electrons. The molecule has 0 N–H and O–H groups in total. The Kier molecular flexibility index (Phi) is 5.97. The van der Waals surface area contributed by atoms with E-state index in [0.717, 1.165) is 32.1 Å². The first kappa shape index (κ1) is 18.4. The van der Waals surface area contributed by atoms with Crippen molar-refractivity contribution in [1.82, 2.24) is 4.90 Å². The molecule has 0 unspecified atom stereocenters. The molecule has 2 rings (SSSR count). The minimum Gasteiger partial charge on any atom is -0.444 e. The van der Waals surface area contributed by atoms with E-state index >= 15 is 0 Å². The number of nitrogens with zero attached hydrogens (tertiary/aromatic N) is 1. The molecule has 0 spiro atoms. The van der Waals surface area contributed by atoms with Crippen LogP contribution in [0.25, 0.3) is 0 Å². The lowest BCUT2D eigenvalue weighted by molar-refractivity contribution is 0.0125. The summed E-state index contributed by atoms with van der Waals surface area (Å²) in [5.41, 5.74) is -0.205. The Bertz CT molecular complexity index is 571. The van der Waals surface area contributed by atoms with Gasteiger partial charge in [0.05, 0.1) is 6.54 Å². The van der Waals surface area contributed by atoms with Crippen molar-refractivity contribution in [3.8, 4) is 0 Å². The minimum absolute atomic E-state index is 0.0259. The molecule has 0 aliphatic heterocycles. The molecule has 1 aromatic rings. The van der Waals surface area contributed by atoms with Gasteiger partial charge >= 0.3 is 6.09 Å². The Hall–Kier alpha value is -1.91. The first-order chi connectivity index (χ1) is 11.3. The van der Waals surface area contributed by atoms with Crippen LogP contribution in [0.5, 0.6) is 0 Å². The Labute approximate surface area is 143 Å². The van der Waals surface area contributed by atoms with Gasteiger partial charge in [-0.3, -0.25) is 9.69 Å². The van der Waals surface area contributed by atoms with E-state index in [9.17, 15) is 14.0 Å². The fourth-order valence-electron chi connectivity index (χ4n) is 2.94. The van der Waals surface area contributed by atoms with E-state index in [0.29, 0.717) is 5.56 Å². The fourth-order valence-corrected chi connectivity index (χ4v) is 2.94. The smallest absolute Gasteiger partial charge is 0.410 e. The van der Waals surface area contributed by atoms with Crippen LogP contribution in [0.4, 0.5) is 9.18 Å². The van der Waals surface area contributed by atoms with Gasteiger partial charge in [0.25, 0.3) is 0 Å². The van der Waals surface area contributed by atoms with Crippen LogP contribution in [0.2, 0.25) is 0 Å². The Morgan fingerprint density at radius 2 is 1.71 bits per heavy atom. The summed E-state index contributed by atoms with van der Waals surface area (Å²) >= 11 is 0. The molecule has 1 aromatic carbocycles. The van der Waals surface area contributed by atoms with E-state index in [1.54, 1.807) is 4.90 Å². The molecular weight excluding hydrogens is 309 g/mol. The summed E-state index contributed by atoms with van der Waals surface area (Å²) in [6.45, 7) is 5.40. The first-order valence-electron chi connectivity index (χ1n) is 8.54. The maximum absolute atomic E-state index is 13.0. The minimum atomic E-state index is -0.608. The molecule has 1 amide bonds. The highest BCUT2D eigenvalue weighted by atomic mass is 19.1. The van der Waals surface area contributed by atoms with E-state index in [4.69, 9.17) is 4.74 Å². The highest BCUT2D eigenvalue weighted by Crippen LogP contribution is 2.24. The van der Waals surface area contributed by atoms with Crippen molar-refractivity contribution in [1.29, 1.82) is 0 Å². The SMILES string of the molecule is CC(C)(C)OC(=O)N(CC(=O)c1ccc(F)cc1)C1CCCCC1. The number of amides is 1. The van der Waals surface area contributed by atoms with E-state index in [2.05, 4.69) is 0 Å². The molecule has 1 fully saturated rings. The molecule has 0 bridgehead atoms. The van der Waals surface area contributed by atoms with Gasteiger partial charge in [-0.1, -0.05) is 19.3 Å². The first-order valence-corrected chi connectivity index (χ1v) is 8.54. The summed E-state index contributed by atoms with van der Waals surface area (Å²) in [4.78, 5) is 26.6.